The van der Waals surface area contributed by atoms with E-state index < -0.39 is 0 Å². The van der Waals surface area contributed by atoms with Crippen LogP contribution in [0.25, 0.3) is 0 Å². The molecule has 1 heterocycles. The summed E-state index contributed by atoms with van der Waals surface area (Å²) in [4.78, 5) is 0. The lowest BCUT2D eigenvalue weighted by atomic mass is 10.4. The molecular formula is C9H9IS2. The Morgan fingerprint density at radius 2 is 1.92 bits per heavy atom. The topological polar surface area (TPSA) is 0 Å². The number of hydrogen-bond donors (Lipinski definition) is 0. The standard InChI is InChI=1S/C6H5I.C3H4S2/c7-6-4-2-1-3-5-6;1-2-4-5-3-1/h1-5H;1-2H,3H2. The van der Waals surface area contributed by atoms with Crippen molar-refractivity contribution in [3.8, 4) is 0 Å². The van der Waals surface area contributed by atoms with Gasteiger partial charge in [0.05, 0.1) is 0 Å². The van der Waals surface area contributed by atoms with Crippen LogP contribution in [0.15, 0.2) is 41.8 Å². The summed E-state index contributed by atoms with van der Waals surface area (Å²) < 4.78 is 1.29. The zero-order chi connectivity index (χ0) is 8.65. The molecular weight excluding hydrogens is 299 g/mol. The molecule has 0 nitrogen and oxygen atoms in total. The molecule has 0 radical (unpaired) electrons. The molecule has 0 bridgehead atoms. The van der Waals surface area contributed by atoms with Crippen LogP contribution < -0.4 is 0 Å². The molecule has 64 valence electrons. The molecule has 1 aromatic rings. The minimum Gasteiger partial charge on any atom is -0.0854 e. The van der Waals surface area contributed by atoms with E-state index >= 15 is 0 Å². The molecule has 0 unspecified atom stereocenters. The summed E-state index contributed by atoms with van der Waals surface area (Å²) in [5.41, 5.74) is 0. The average Bonchev–Trinajstić information content (AvgIpc) is 2.62. The first kappa shape index (κ1) is 10.5. The van der Waals surface area contributed by atoms with Crippen molar-refractivity contribution in [1.82, 2.24) is 0 Å². The molecule has 0 amide bonds. The van der Waals surface area contributed by atoms with Crippen LogP contribution in [0.2, 0.25) is 0 Å². The summed E-state index contributed by atoms with van der Waals surface area (Å²) >= 11 is 2.28. The Morgan fingerprint density at radius 3 is 2.17 bits per heavy atom. The lowest BCUT2D eigenvalue weighted by Gasteiger charge is -1.80. The third-order valence-corrected chi connectivity index (χ3v) is 3.75. The molecule has 12 heavy (non-hydrogen) atoms. The van der Waals surface area contributed by atoms with Crippen molar-refractivity contribution in [3.05, 3.63) is 45.4 Å². The first-order valence-electron chi connectivity index (χ1n) is 3.53. The fourth-order valence-electron chi connectivity index (χ4n) is 0.611. The second-order valence-electron chi connectivity index (χ2n) is 2.05. The third kappa shape index (κ3) is 5.11. The summed E-state index contributed by atoms with van der Waals surface area (Å²) in [5.74, 6) is 1.20. The van der Waals surface area contributed by atoms with Gasteiger partial charge < -0.3 is 0 Å². The number of rotatable bonds is 0. The van der Waals surface area contributed by atoms with Crippen molar-refractivity contribution in [2.24, 2.45) is 0 Å². The molecule has 1 aromatic carbocycles. The molecule has 0 saturated carbocycles. The normalized spacial score (nSPS) is 13.8. The summed E-state index contributed by atoms with van der Waals surface area (Å²) in [6.07, 6.45) is 2.16. The Bertz CT molecular complexity index is 228. The van der Waals surface area contributed by atoms with E-state index in [1.807, 2.05) is 39.8 Å². The summed E-state index contributed by atoms with van der Waals surface area (Å²) in [6, 6.07) is 10.2. The van der Waals surface area contributed by atoms with E-state index in [9.17, 15) is 0 Å². The van der Waals surface area contributed by atoms with Crippen molar-refractivity contribution in [1.29, 1.82) is 0 Å². The highest BCUT2D eigenvalue weighted by atomic mass is 127. The van der Waals surface area contributed by atoms with Crippen molar-refractivity contribution in [2.45, 2.75) is 0 Å². The van der Waals surface area contributed by atoms with Crippen LogP contribution >= 0.6 is 44.2 Å². The van der Waals surface area contributed by atoms with Crippen molar-refractivity contribution < 1.29 is 0 Å². The molecule has 0 N–H and O–H groups in total. The molecule has 0 spiro atoms. The Morgan fingerprint density at radius 1 is 1.17 bits per heavy atom. The van der Waals surface area contributed by atoms with Gasteiger partial charge in [0.2, 0.25) is 0 Å². The van der Waals surface area contributed by atoms with Gasteiger partial charge in [0.1, 0.15) is 0 Å². The summed E-state index contributed by atoms with van der Waals surface area (Å²) in [5, 5.41) is 2.12. The smallest absolute Gasteiger partial charge is 0.0229 e. The van der Waals surface area contributed by atoms with E-state index in [0.29, 0.717) is 0 Å². The maximum absolute atomic E-state index is 2.28. The first-order chi connectivity index (χ1) is 5.89. The van der Waals surface area contributed by atoms with Crippen LogP contribution in [-0.2, 0) is 0 Å². The predicted octanol–water partition coefficient (Wildman–Crippen LogP) is 4.19. The maximum atomic E-state index is 2.28. The molecule has 1 aliphatic heterocycles. The number of benzene rings is 1. The van der Waals surface area contributed by atoms with Gasteiger partial charge in [-0.15, -0.1) is 0 Å². The SMILES string of the molecule is C1=CSSC1.Ic1ccccc1. The lowest BCUT2D eigenvalue weighted by Crippen LogP contribution is -1.61. The van der Waals surface area contributed by atoms with Gasteiger partial charge in [-0.2, -0.15) is 0 Å². The van der Waals surface area contributed by atoms with Crippen LogP contribution in [0.5, 0.6) is 0 Å². The molecule has 0 aromatic heterocycles. The van der Waals surface area contributed by atoms with Gasteiger partial charge >= 0.3 is 0 Å². The van der Waals surface area contributed by atoms with E-state index in [4.69, 9.17) is 0 Å². The molecule has 0 fully saturated rings. The Hall–Kier alpha value is 0.390. The van der Waals surface area contributed by atoms with Crippen molar-refractivity contribution >= 4 is 44.2 Å². The van der Waals surface area contributed by atoms with Crippen LogP contribution in [-0.4, -0.2) is 5.75 Å². The van der Waals surface area contributed by atoms with Gasteiger partial charge in [0, 0.05) is 9.32 Å². The largest absolute Gasteiger partial charge is 0.0854 e. The number of hydrogen-bond acceptors (Lipinski definition) is 2. The highest BCUT2D eigenvalue weighted by molar-refractivity contribution is 14.1. The lowest BCUT2D eigenvalue weighted by molar-refractivity contribution is 1.65. The Labute approximate surface area is 94.7 Å². The molecule has 2 rings (SSSR count). The molecule has 1 aliphatic rings. The maximum Gasteiger partial charge on any atom is 0.0229 e. The van der Waals surface area contributed by atoms with Gasteiger partial charge in [-0.3, -0.25) is 0 Å². The molecule has 0 aliphatic carbocycles. The average molecular weight is 308 g/mol. The highest BCUT2D eigenvalue weighted by Crippen LogP contribution is 2.27. The molecule has 3 heteroatoms. The highest BCUT2D eigenvalue weighted by Gasteiger charge is 1.85. The minimum absolute atomic E-state index is 1.20. The van der Waals surface area contributed by atoms with E-state index in [1.165, 1.54) is 9.32 Å². The second kappa shape index (κ2) is 6.86. The van der Waals surface area contributed by atoms with Gasteiger partial charge in [-0.25, -0.2) is 0 Å². The monoisotopic (exact) mass is 308 g/mol. The van der Waals surface area contributed by atoms with Gasteiger partial charge in [-0.05, 0) is 40.1 Å². The minimum atomic E-state index is 1.20. The molecule has 0 saturated heterocycles. The number of halogens is 1. The third-order valence-electron chi connectivity index (χ3n) is 1.12. The second-order valence-corrected chi connectivity index (χ2v) is 5.61. The van der Waals surface area contributed by atoms with Gasteiger partial charge in [0.15, 0.2) is 0 Å². The van der Waals surface area contributed by atoms with E-state index in [-0.39, 0.29) is 0 Å². The first-order valence-corrected chi connectivity index (χ1v) is 6.99. The summed E-state index contributed by atoms with van der Waals surface area (Å²) in [7, 11) is 3.69. The Kier molecular flexibility index (Phi) is 5.98. The van der Waals surface area contributed by atoms with Crippen LogP contribution in [0, 0.1) is 3.57 Å². The zero-order valence-corrected chi connectivity index (χ0v) is 10.2. The van der Waals surface area contributed by atoms with Crippen LogP contribution in [0.1, 0.15) is 0 Å². The zero-order valence-electron chi connectivity index (χ0n) is 6.44. The fourth-order valence-corrected chi connectivity index (χ4v) is 2.60. The fraction of sp³-hybridized carbons (Fsp3) is 0.111. The van der Waals surface area contributed by atoms with Crippen LogP contribution in [0.3, 0.4) is 0 Å². The van der Waals surface area contributed by atoms with Gasteiger partial charge in [0.25, 0.3) is 0 Å². The predicted molar refractivity (Wildman–Crippen MR) is 68.3 cm³/mol. The van der Waals surface area contributed by atoms with Crippen molar-refractivity contribution in [3.63, 3.8) is 0 Å². The summed E-state index contributed by atoms with van der Waals surface area (Å²) in [6.45, 7) is 0. The van der Waals surface area contributed by atoms with Gasteiger partial charge in [-0.1, -0.05) is 45.9 Å². The Balaban J connectivity index is 0.000000127. The van der Waals surface area contributed by atoms with E-state index in [2.05, 4.69) is 46.2 Å². The van der Waals surface area contributed by atoms with E-state index in [1.54, 1.807) is 0 Å². The van der Waals surface area contributed by atoms with Crippen LogP contribution in [0.4, 0.5) is 0 Å². The quantitative estimate of drug-likeness (QED) is 0.521. The van der Waals surface area contributed by atoms with Crippen molar-refractivity contribution in [2.75, 3.05) is 5.75 Å². The molecule has 0 atom stereocenters. The van der Waals surface area contributed by atoms with E-state index in [0.717, 1.165) is 0 Å².